The van der Waals surface area contributed by atoms with Gasteiger partial charge in [-0.1, -0.05) is 23.7 Å². The van der Waals surface area contributed by atoms with Gasteiger partial charge in [0.15, 0.2) is 11.5 Å². The molecule has 2 amide bonds. The molecule has 0 unspecified atom stereocenters. The molecule has 3 rings (SSSR count). The molecule has 0 spiro atoms. The fraction of sp³-hybridized carbons (Fsp3) is 0.333. The molecule has 0 heterocycles. The molecule has 0 aromatic heterocycles. The number of likely N-dealkylation sites (N-methyl/N-ethyl adjacent to an activating group) is 1. The van der Waals surface area contributed by atoms with Crippen molar-refractivity contribution >= 4 is 39.1 Å². The number of carbonyl (C=O) groups excluding carboxylic acids is 2. The Morgan fingerprint density at radius 1 is 0.884 bits per heavy atom. The van der Waals surface area contributed by atoms with E-state index in [1.807, 2.05) is 0 Å². The summed E-state index contributed by atoms with van der Waals surface area (Å²) >= 11 is 6.18. The number of rotatable bonds is 14. The maximum absolute atomic E-state index is 14.3. The summed E-state index contributed by atoms with van der Waals surface area (Å²) in [5, 5.41) is 3.18. The second kappa shape index (κ2) is 14.8. The third-order valence-electron chi connectivity index (χ3n) is 6.64. The Morgan fingerprint density at radius 2 is 1.56 bits per heavy atom. The molecule has 0 aliphatic carbocycles. The molecule has 0 fully saturated rings. The minimum absolute atomic E-state index is 0.00279. The van der Waals surface area contributed by atoms with Crippen LogP contribution in [0.5, 0.6) is 23.0 Å². The number of halogens is 1. The molecule has 11 nitrogen and oxygen atoms in total. The molecular weight excluding hydrogens is 598 g/mol. The molecule has 13 heteroatoms. The van der Waals surface area contributed by atoms with Crippen LogP contribution in [0.1, 0.15) is 19.4 Å². The highest BCUT2D eigenvalue weighted by molar-refractivity contribution is 7.92. The second-order valence-corrected chi connectivity index (χ2v) is 11.6. The van der Waals surface area contributed by atoms with Crippen LogP contribution in [0.4, 0.5) is 5.69 Å². The first-order valence-corrected chi connectivity index (χ1v) is 15.1. The van der Waals surface area contributed by atoms with E-state index in [1.165, 1.54) is 63.7 Å². The first kappa shape index (κ1) is 33.3. The van der Waals surface area contributed by atoms with Crippen molar-refractivity contribution in [3.05, 3.63) is 71.2 Å². The van der Waals surface area contributed by atoms with Crippen molar-refractivity contribution in [3.8, 4) is 23.0 Å². The minimum atomic E-state index is -4.44. The van der Waals surface area contributed by atoms with Crippen LogP contribution in [0, 0.1) is 0 Å². The molecule has 0 saturated heterocycles. The van der Waals surface area contributed by atoms with Crippen LogP contribution in [0.15, 0.2) is 65.6 Å². The molecule has 0 bridgehead atoms. The number of sulfonamides is 1. The highest BCUT2D eigenvalue weighted by Crippen LogP contribution is 2.37. The third kappa shape index (κ3) is 7.82. The summed E-state index contributed by atoms with van der Waals surface area (Å²) in [5.41, 5.74) is 0.712. The van der Waals surface area contributed by atoms with Crippen LogP contribution < -0.4 is 28.6 Å². The zero-order chi connectivity index (χ0) is 31.7. The molecule has 0 saturated carbocycles. The summed E-state index contributed by atoms with van der Waals surface area (Å²) in [6.07, 6.45) is 0. The van der Waals surface area contributed by atoms with E-state index in [2.05, 4.69) is 5.32 Å². The third-order valence-corrected chi connectivity index (χ3v) is 8.63. The lowest BCUT2D eigenvalue weighted by Gasteiger charge is -2.32. The molecule has 232 valence electrons. The average Bonchev–Trinajstić information content (AvgIpc) is 3.01. The van der Waals surface area contributed by atoms with E-state index in [1.54, 1.807) is 44.2 Å². The van der Waals surface area contributed by atoms with Gasteiger partial charge >= 0.3 is 0 Å². The highest BCUT2D eigenvalue weighted by atomic mass is 35.5. The van der Waals surface area contributed by atoms with Crippen LogP contribution in [0.3, 0.4) is 0 Å². The number of nitrogens with one attached hydrogen (secondary N) is 1. The lowest BCUT2D eigenvalue weighted by molar-refractivity contribution is -0.139. The number of nitrogens with zero attached hydrogens (tertiary/aromatic N) is 2. The van der Waals surface area contributed by atoms with E-state index in [0.29, 0.717) is 28.6 Å². The van der Waals surface area contributed by atoms with Crippen molar-refractivity contribution in [2.75, 3.05) is 45.8 Å². The largest absolute Gasteiger partial charge is 0.497 e. The normalized spacial score (nSPS) is 11.7. The Morgan fingerprint density at radius 3 is 2.16 bits per heavy atom. The van der Waals surface area contributed by atoms with E-state index in [9.17, 15) is 18.0 Å². The second-order valence-electron chi connectivity index (χ2n) is 9.29. The quantitative estimate of drug-likeness (QED) is 0.281. The molecule has 3 aromatic rings. The number of benzene rings is 3. The van der Waals surface area contributed by atoms with Crippen molar-refractivity contribution in [1.29, 1.82) is 0 Å². The Hall–Kier alpha value is -4.16. The van der Waals surface area contributed by atoms with E-state index in [0.717, 1.165) is 4.31 Å². The average molecular weight is 634 g/mol. The van der Waals surface area contributed by atoms with Crippen LogP contribution in [0.25, 0.3) is 0 Å². The minimum Gasteiger partial charge on any atom is -0.497 e. The fourth-order valence-corrected chi connectivity index (χ4v) is 5.99. The van der Waals surface area contributed by atoms with Crippen LogP contribution in [-0.2, 0) is 26.2 Å². The molecule has 43 heavy (non-hydrogen) atoms. The standard InChI is InChI=1S/C30H36ClN3O8S/c1-7-32-30(36)20(2)33(18-21-9-8-10-22(31)15-21)29(35)19-34(25-16-23(39-3)11-13-26(25)40-4)43(37,38)24-12-14-27(41-5)28(17-24)42-6/h8-17,20H,7,18-19H2,1-6H3,(H,32,36)/t20-/m0/s1. The van der Waals surface area contributed by atoms with E-state index in [-0.39, 0.29) is 28.6 Å². The maximum atomic E-state index is 14.3. The van der Waals surface area contributed by atoms with Gasteiger partial charge in [-0.15, -0.1) is 0 Å². The number of hydrogen-bond acceptors (Lipinski definition) is 8. The molecule has 0 aliphatic rings. The number of ether oxygens (including phenoxy) is 4. The Kier molecular flexibility index (Phi) is 11.5. The van der Waals surface area contributed by atoms with Gasteiger partial charge in [0.05, 0.1) is 39.0 Å². The van der Waals surface area contributed by atoms with Gasteiger partial charge < -0.3 is 29.2 Å². The molecule has 1 N–H and O–H groups in total. The number of methoxy groups -OCH3 is 4. The van der Waals surface area contributed by atoms with Crippen molar-refractivity contribution in [1.82, 2.24) is 10.2 Å². The maximum Gasteiger partial charge on any atom is 0.265 e. The smallest absolute Gasteiger partial charge is 0.265 e. The topological polar surface area (TPSA) is 124 Å². The Bertz CT molecular complexity index is 1550. The zero-order valence-electron chi connectivity index (χ0n) is 24.9. The SMILES string of the molecule is CCNC(=O)[C@H](C)N(Cc1cccc(Cl)c1)C(=O)CN(c1cc(OC)ccc1OC)S(=O)(=O)c1ccc(OC)c(OC)c1. The van der Waals surface area contributed by atoms with Gasteiger partial charge in [-0.25, -0.2) is 8.42 Å². The fourth-order valence-electron chi connectivity index (χ4n) is 4.35. The molecule has 1 atom stereocenters. The van der Waals surface area contributed by atoms with Gasteiger partial charge in [-0.2, -0.15) is 0 Å². The summed E-state index contributed by atoms with van der Waals surface area (Å²) in [6, 6.07) is 14.6. The van der Waals surface area contributed by atoms with E-state index < -0.39 is 34.4 Å². The van der Waals surface area contributed by atoms with Crippen molar-refractivity contribution < 1.29 is 37.0 Å². The van der Waals surface area contributed by atoms with E-state index >= 15 is 0 Å². The first-order chi connectivity index (χ1) is 20.5. The van der Waals surface area contributed by atoms with Crippen molar-refractivity contribution in [3.63, 3.8) is 0 Å². The first-order valence-electron chi connectivity index (χ1n) is 13.3. The zero-order valence-corrected chi connectivity index (χ0v) is 26.5. The number of carbonyl (C=O) groups is 2. The number of amides is 2. The predicted octanol–water partition coefficient (Wildman–Crippen LogP) is 4.12. The molecular formula is C30H36ClN3O8S. The predicted molar refractivity (Wildman–Crippen MR) is 164 cm³/mol. The number of anilines is 1. The summed E-state index contributed by atoms with van der Waals surface area (Å²) in [4.78, 5) is 28.2. The van der Waals surface area contributed by atoms with Gasteiger partial charge in [0, 0.05) is 30.2 Å². The van der Waals surface area contributed by atoms with Crippen LogP contribution in [0.2, 0.25) is 5.02 Å². The monoisotopic (exact) mass is 633 g/mol. The van der Waals surface area contributed by atoms with Gasteiger partial charge in [-0.3, -0.25) is 13.9 Å². The molecule has 3 aromatic carbocycles. The summed E-state index contributed by atoms with van der Waals surface area (Å²) < 4.78 is 51.0. The van der Waals surface area contributed by atoms with Gasteiger partial charge in [-0.05, 0) is 55.8 Å². The van der Waals surface area contributed by atoms with Crippen LogP contribution in [-0.4, -0.2) is 72.7 Å². The molecule has 0 radical (unpaired) electrons. The Balaban J connectivity index is 2.17. The lowest BCUT2D eigenvalue weighted by Crippen LogP contribution is -2.51. The van der Waals surface area contributed by atoms with E-state index in [4.69, 9.17) is 30.5 Å². The van der Waals surface area contributed by atoms with Crippen molar-refractivity contribution in [2.24, 2.45) is 0 Å². The van der Waals surface area contributed by atoms with Gasteiger partial charge in [0.2, 0.25) is 11.8 Å². The van der Waals surface area contributed by atoms with Gasteiger partial charge in [0.1, 0.15) is 24.1 Å². The number of hydrogen-bond donors (Lipinski definition) is 1. The highest BCUT2D eigenvalue weighted by Gasteiger charge is 2.34. The lowest BCUT2D eigenvalue weighted by atomic mass is 10.1. The summed E-state index contributed by atoms with van der Waals surface area (Å²) in [7, 11) is 1.20. The van der Waals surface area contributed by atoms with Crippen molar-refractivity contribution in [2.45, 2.75) is 31.3 Å². The van der Waals surface area contributed by atoms with Crippen LogP contribution >= 0.6 is 11.6 Å². The summed E-state index contributed by atoms with van der Waals surface area (Å²) in [5.74, 6) is -0.0248. The molecule has 0 aliphatic heterocycles. The van der Waals surface area contributed by atoms with Gasteiger partial charge in [0.25, 0.3) is 10.0 Å². The summed E-state index contributed by atoms with van der Waals surface area (Å²) in [6.45, 7) is 3.01. The Labute approximate surface area is 257 Å².